The fourth-order valence-corrected chi connectivity index (χ4v) is 5.08. The van der Waals surface area contributed by atoms with Gasteiger partial charge in [-0.2, -0.15) is 13.2 Å². The average molecular weight is 501 g/mol. The summed E-state index contributed by atoms with van der Waals surface area (Å²) in [5.41, 5.74) is 1.94. The number of carbonyl (C=O) groups is 1. The first-order chi connectivity index (χ1) is 16.5. The van der Waals surface area contributed by atoms with Gasteiger partial charge in [0.1, 0.15) is 11.4 Å². The van der Waals surface area contributed by atoms with E-state index in [0.717, 1.165) is 17.8 Å². The molecule has 0 atom stereocenters. The topological polar surface area (TPSA) is 107 Å². The summed E-state index contributed by atoms with van der Waals surface area (Å²) in [6.07, 6.45) is -1.88. The minimum atomic E-state index is -4.64. The Morgan fingerprint density at radius 1 is 1.09 bits per heavy atom. The number of anilines is 1. The molecule has 3 aromatic heterocycles. The molecule has 4 aromatic rings. The Kier molecular flexibility index (Phi) is 5.16. The molecule has 4 heterocycles. The molecule has 0 aliphatic carbocycles. The summed E-state index contributed by atoms with van der Waals surface area (Å²) < 4.78 is 66.9. The van der Waals surface area contributed by atoms with E-state index in [1.54, 1.807) is 25.2 Å². The fourth-order valence-electron chi connectivity index (χ4n) is 4.03. The van der Waals surface area contributed by atoms with Gasteiger partial charge in [0.05, 0.1) is 34.3 Å². The molecule has 5 rings (SSSR count). The zero-order valence-corrected chi connectivity index (χ0v) is 19.3. The second-order valence-electron chi connectivity index (χ2n) is 8.12. The number of aryl methyl sites for hydroxylation is 1. The quantitative estimate of drug-likeness (QED) is 0.453. The molecule has 1 aliphatic heterocycles. The van der Waals surface area contributed by atoms with Gasteiger partial charge in [0, 0.05) is 24.5 Å². The summed E-state index contributed by atoms with van der Waals surface area (Å²) in [6.45, 7) is 1.49. The molecule has 0 bridgehead atoms. The highest BCUT2D eigenvalue weighted by Gasteiger charge is 2.33. The van der Waals surface area contributed by atoms with Gasteiger partial charge in [0.25, 0.3) is 0 Å². The Hall–Kier alpha value is -3.80. The zero-order chi connectivity index (χ0) is 25.1. The van der Waals surface area contributed by atoms with Crippen LogP contribution in [-0.4, -0.2) is 39.6 Å². The van der Waals surface area contributed by atoms with Gasteiger partial charge in [-0.15, -0.1) is 0 Å². The number of hydrogen-bond donors (Lipinski definition) is 1. The number of benzene rings is 1. The third-order valence-corrected chi connectivity index (χ3v) is 7.64. The highest BCUT2D eigenvalue weighted by Crippen LogP contribution is 2.35. The maximum absolute atomic E-state index is 13.1. The van der Waals surface area contributed by atoms with Crippen LogP contribution in [0.3, 0.4) is 0 Å². The van der Waals surface area contributed by atoms with Crippen molar-refractivity contribution in [3.8, 4) is 22.6 Å². The minimum Gasteiger partial charge on any atom is -0.326 e. The van der Waals surface area contributed by atoms with Crippen LogP contribution in [0.1, 0.15) is 18.2 Å². The lowest BCUT2D eigenvalue weighted by Gasteiger charge is -2.12. The lowest BCUT2D eigenvalue weighted by Crippen LogP contribution is -2.09. The maximum atomic E-state index is 13.1. The van der Waals surface area contributed by atoms with Gasteiger partial charge in [-0.25, -0.2) is 18.4 Å². The molecule has 0 spiro atoms. The Morgan fingerprint density at radius 3 is 2.57 bits per heavy atom. The number of rotatable bonds is 4. The van der Waals surface area contributed by atoms with Crippen LogP contribution in [0, 0.1) is 0 Å². The third kappa shape index (κ3) is 3.93. The summed E-state index contributed by atoms with van der Waals surface area (Å²) in [6, 6.07) is 7.59. The molecular formula is C23H18F3N5O3S. The molecule has 1 N–H and O–H groups in total. The first-order valence-electron chi connectivity index (χ1n) is 10.5. The van der Waals surface area contributed by atoms with Gasteiger partial charge >= 0.3 is 6.18 Å². The molecule has 35 heavy (non-hydrogen) atoms. The predicted molar refractivity (Wildman–Crippen MR) is 122 cm³/mol. The van der Waals surface area contributed by atoms with Crippen LogP contribution in [-0.2, 0) is 34.3 Å². The molecule has 0 saturated heterocycles. The number of fused-ring (bicyclic) bond motifs is 2. The van der Waals surface area contributed by atoms with E-state index in [1.165, 1.54) is 23.8 Å². The molecule has 1 aromatic carbocycles. The van der Waals surface area contributed by atoms with E-state index in [0.29, 0.717) is 22.3 Å². The Balaban J connectivity index is 1.68. The van der Waals surface area contributed by atoms with Crippen molar-refractivity contribution < 1.29 is 26.4 Å². The number of halogens is 3. The average Bonchev–Trinajstić information content (AvgIpc) is 3.35. The number of carbonyl (C=O) groups excluding carboxylic acids is 1. The molecule has 0 radical (unpaired) electrons. The second kappa shape index (κ2) is 7.87. The number of aromatic nitrogens is 4. The third-order valence-electron chi connectivity index (χ3n) is 5.90. The number of hydrogen-bond acceptors (Lipinski definition) is 6. The van der Waals surface area contributed by atoms with Crippen molar-refractivity contribution in [1.82, 2.24) is 19.5 Å². The Morgan fingerprint density at radius 2 is 1.86 bits per heavy atom. The van der Waals surface area contributed by atoms with Gasteiger partial charge in [0.15, 0.2) is 15.7 Å². The van der Waals surface area contributed by atoms with Gasteiger partial charge in [-0.3, -0.25) is 9.78 Å². The first-order valence-corrected chi connectivity index (χ1v) is 12.2. The lowest BCUT2D eigenvalue weighted by atomic mass is 10.0. The first kappa shape index (κ1) is 23.0. The predicted octanol–water partition coefficient (Wildman–Crippen LogP) is 4.00. The molecule has 12 heteroatoms. The van der Waals surface area contributed by atoms with Crippen molar-refractivity contribution >= 4 is 32.5 Å². The van der Waals surface area contributed by atoms with E-state index in [9.17, 15) is 26.4 Å². The van der Waals surface area contributed by atoms with Gasteiger partial charge in [0.2, 0.25) is 5.91 Å². The van der Waals surface area contributed by atoms with Crippen LogP contribution < -0.4 is 5.32 Å². The second-order valence-corrected chi connectivity index (χ2v) is 10.4. The van der Waals surface area contributed by atoms with E-state index in [2.05, 4.69) is 20.3 Å². The van der Waals surface area contributed by atoms with E-state index >= 15 is 0 Å². The van der Waals surface area contributed by atoms with Crippen LogP contribution in [0.4, 0.5) is 18.9 Å². The summed E-state index contributed by atoms with van der Waals surface area (Å²) in [5, 5.41) is 2.75. The monoisotopic (exact) mass is 501 g/mol. The van der Waals surface area contributed by atoms with Gasteiger partial charge in [-0.05, 0) is 35.4 Å². The highest BCUT2D eigenvalue weighted by atomic mass is 32.2. The molecular weight excluding hydrogens is 483 g/mol. The van der Waals surface area contributed by atoms with E-state index in [4.69, 9.17) is 0 Å². The molecule has 1 amide bonds. The smallest absolute Gasteiger partial charge is 0.326 e. The largest absolute Gasteiger partial charge is 0.433 e. The molecule has 0 unspecified atom stereocenters. The number of imidazole rings is 1. The molecule has 1 aliphatic rings. The molecule has 0 saturated carbocycles. The number of amides is 1. The van der Waals surface area contributed by atoms with Crippen LogP contribution in [0.5, 0.6) is 0 Å². The van der Waals surface area contributed by atoms with Crippen LogP contribution >= 0.6 is 0 Å². The maximum Gasteiger partial charge on any atom is 0.433 e. The summed E-state index contributed by atoms with van der Waals surface area (Å²) >= 11 is 0. The lowest BCUT2D eigenvalue weighted by molar-refractivity contribution is -0.141. The number of nitrogens with zero attached hydrogens (tertiary/aromatic N) is 4. The molecule has 0 fully saturated rings. The van der Waals surface area contributed by atoms with Crippen molar-refractivity contribution in [1.29, 1.82) is 0 Å². The van der Waals surface area contributed by atoms with Crippen molar-refractivity contribution in [2.45, 2.75) is 24.4 Å². The van der Waals surface area contributed by atoms with E-state index in [-0.39, 0.29) is 40.0 Å². The number of sulfone groups is 1. The zero-order valence-electron chi connectivity index (χ0n) is 18.5. The van der Waals surface area contributed by atoms with Crippen LogP contribution in [0.2, 0.25) is 0 Å². The SMILES string of the molecule is CCS(=O)(=O)c1cc(-c2ccc3c(c2)CC(=O)N3)cnc1-c1nc2cc(C(F)(F)F)ncc2n1C. The van der Waals surface area contributed by atoms with E-state index < -0.39 is 21.7 Å². The normalized spacial score (nSPS) is 13.8. The van der Waals surface area contributed by atoms with Crippen molar-refractivity contribution in [3.05, 3.63) is 54.0 Å². The molecule has 8 nitrogen and oxygen atoms in total. The fraction of sp³-hybridized carbons (Fsp3) is 0.217. The Labute approximate surface area is 197 Å². The number of pyridine rings is 2. The van der Waals surface area contributed by atoms with Gasteiger partial charge in [-0.1, -0.05) is 13.0 Å². The summed E-state index contributed by atoms with van der Waals surface area (Å²) in [4.78, 5) is 23.7. The minimum absolute atomic E-state index is 0.0198. The van der Waals surface area contributed by atoms with Crippen LogP contribution in [0.15, 0.2) is 47.6 Å². The van der Waals surface area contributed by atoms with Crippen molar-refractivity contribution in [2.75, 3.05) is 11.1 Å². The van der Waals surface area contributed by atoms with Crippen molar-refractivity contribution in [3.63, 3.8) is 0 Å². The number of alkyl halides is 3. The Bertz CT molecular complexity index is 1630. The van der Waals surface area contributed by atoms with Crippen molar-refractivity contribution in [2.24, 2.45) is 7.05 Å². The van der Waals surface area contributed by atoms with Gasteiger partial charge < -0.3 is 9.88 Å². The van der Waals surface area contributed by atoms with E-state index in [1.807, 2.05) is 0 Å². The standard InChI is InChI=1S/C23H18F3N5O3S/c1-3-35(33,34)18-7-14(12-4-5-15-13(6-12)8-20(32)29-15)10-28-21(18)22-30-16-9-19(23(24,25)26)27-11-17(16)31(22)2/h4-7,9-11H,3,8H2,1-2H3,(H,29,32). The summed E-state index contributed by atoms with van der Waals surface area (Å²) in [7, 11) is -2.23. The summed E-state index contributed by atoms with van der Waals surface area (Å²) in [5.74, 6) is -0.231. The highest BCUT2D eigenvalue weighted by molar-refractivity contribution is 7.91. The van der Waals surface area contributed by atoms with Crippen LogP contribution in [0.25, 0.3) is 33.7 Å². The molecule has 180 valence electrons. The number of nitrogens with one attached hydrogen (secondary N) is 1.